The largest absolute Gasteiger partial charge is 0.356 e. The van der Waals surface area contributed by atoms with Gasteiger partial charge in [0, 0.05) is 23.0 Å². The van der Waals surface area contributed by atoms with E-state index in [1.807, 2.05) is 24.3 Å². The van der Waals surface area contributed by atoms with E-state index in [0.717, 1.165) is 22.2 Å². The molecule has 3 rings (SSSR count). The summed E-state index contributed by atoms with van der Waals surface area (Å²) < 4.78 is 0. The zero-order valence-electron chi connectivity index (χ0n) is 11.5. The maximum atomic E-state index is 12.3. The van der Waals surface area contributed by atoms with Crippen molar-refractivity contribution in [3.8, 4) is 0 Å². The van der Waals surface area contributed by atoms with E-state index in [0.29, 0.717) is 6.42 Å². The predicted octanol–water partition coefficient (Wildman–Crippen LogP) is 1.06. The molecule has 2 aromatic rings. The summed E-state index contributed by atoms with van der Waals surface area (Å²) in [6, 6.07) is 7.01. The average molecular weight is 271 g/mol. The van der Waals surface area contributed by atoms with Gasteiger partial charge in [-0.25, -0.2) is 0 Å². The molecule has 0 saturated carbocycles. The van der Waals surface area contributed by atoms with E-state index in [4.69, 9.17) is 0 Å². The molecule has 5 heteroatoms. The van der Waals surface area contributed by atoms with Gasteiger partial charge in [0.2, 0.25) is 5.91 Å². The third-order valence-electron chi connectivity index (χ3n) is 3.90. The zero-order valence-corrected chi connectivity index (χ0v) is 11.5. The van der Waals surface area contributed by atoms with Crippen LogP contribution >= 0.6 is 0 Å². The third kappa shape index (κ3) is 1.91. The average Bonchev–Trinajstić information content (AvgIpc) is 2.70. The summed E-state index contributed by atoms with van der Waals surface area (Å²) in [6.45, 7) is 1.51. The van der Waals surface area contributed by atoms with E-state index in [9.17, 15) is 9.59 Å². The van der Waals surface area contributed by atoms with Crippen molar-refractivity contribution in [2.45, 2.75) is 25.4 Å². The van der Waals surface area contributed by atoms with Gasteiger partial charge in [-0.1, -0.05) is 18.2 Å². The second-order valence-electron chi connectivity index (χ2n) is 5.16. The number of carbonyl (C=O) groups is 2. The number of hydrogen-bond acceptors (Lipinski definition) is 3. The highest BCUT2D eigenvalue weighted by Gasteiger charge is 2.32. The molecular formula is C15H17N3O2. The van der Waals surface area contributed by atoms with Crippen LogP contribution in [0.1, 0.15) is 24.2 Å². The first-order valence-corrected chi connectivity index (χ1v) is 6.69. The summed E-state index contributed by atoms with van der Waals surface area (Å²) in [4.78, 5) is 27.3. The van der Waals surface area contributed by atoms with Crippen molar-refractivity contribution in [1.29, 1.82) is 0 Å². The van der Waals surface area contributed by atoms with Crippen LogP contribution in [0.4, 0.5) is 0 Å². The number of Topliss-reactive ketones (excluding diaryl/α,β-unsaturated/α-hetero) is 1. The summed E-state index contributed by atoms with van der Waals surface area (Å²) >= 11 is 0. The van der Waals surface area contributed by atoms with Crippen molar-refractivity contribution in [2.75, 3.05) is 7.05 Å². The van der Waals surface area contributed by atoms with Crippen LogP contribution in [-0.4, -0.2) is 29.8 Å². The summed E-state index contributed by atoms with van der Waals surface area (Å²) in [5.41, 5.74) is 2.89. The molecule has 0 fully saturated rings. The molecule has 0 spiro atoms. The van der Waals surface area contributed by atoms with Crippen LogP contribution in [0.25, 0.3) is 10.9 Å². The van der Waals surface area contributed by atoms with E-state index in [1.54, 1.807) is 7.05 Å². The van der Waals surface area contributed by atoms with Crippen molar-refractivity contribution in [2.24, 2.45) is 0 Å². The number of H-pyrrole nitrogens is 1. The first-order valence-electron chi connectivity index (χ1n) is 6.69. The zero-order chi connectivity index (χ0) is 14.3. The van der Waals surface area contributed by atoms with Crippen molar-refractivity contribution >= 4 is 22.6 Å². The SMILES string of the molecule is CNC1C(=O)NC(C(C)=O)Cc2c1[nH]c1ccccc21. The molecule has 3 N–H and O–H groups in total. The first-order chi connectivity index (χ1) is 9.61. The summed E-state index contributed by atoms with van der Waals surface area (Å²) in [6.07, 6.45) is 0.526. The summed E-state index contributed by atoms with van der Waals surface area (Å²) in [7, 11) is 1.74. The number of carbonyl (C=O) groups excluding carboxylic acids is 2. The Morgan fingerprint density at radius 2 is 2.10 bits per heavy atom. The van der Waals surface area contributed by atoms with Crippen LogP contribution in [0, 0.1) is 0 Å². The van der Waals surface area contributed by atoms with E-state index in [1.165, 1.54) is 6.92 Å². The Morgan fingerprint density at radius 1 is 1.35 bits per heavy atom. The fraction of sp³-hybridized carbons (Fsp3) is 0.333. The van der Waals surface area contributed by atoms with Gasteiger partial charge < -0.3 is 15.6 Å². The van der Waals surface area contributed by atoms with E-state index in [-0.39, 0.29) is 11.7 Å². The van der Waals surface area contributed by atoms with Gasteiger partial charge in [0.05, 0.1) is 6.04 Å². The van der Waals surface area contributed by atoms with Gasteiger partial charge in [-0.3, -0.25) is 9.59 Å². The monoisotopic (exact) mass is 271 g/mol. The number of amides is 1. The molecule has 2 atom stereocenters. The molecule has 0 aliphatic carbocycles. The molecule has 1 aromatic carbocycles. The van der Waals surface area contributed by atoms with Crippen LogP contribution in [0.3, 0.4) is 0 Å². The number of rotatable bonds is 2. The molecular weight excluding hydrogens is 254 g/mol. The highest BCUT2D eigenvalue weighted by atomic mass is 16.2. The minimum Gasteiger partial charge on any atom is -0.356 e. The number of hydrogen-bond donors (Lipinski definition) is 3. The molecule has 5 nitrogen and oxygen atoms in total. The van der Waals surface area contributed by atoms with Crippen LogP contribution in [0.5, 0.6) is 0 Å². The van der Waals surface area contributed by atoms with Crippen LogP contribution in [0.2, 0.25) is 0 Å². The molecule has 2 heterocycles. The summed E-state index contributed by atoms with van der Waals surface area (Å²) in [5, 5.41) is 6.90. The molecule has 104 valence electrons. The van der Waals surface area contributed by atoms with E-state index >= 15 is 0 Å². The highest BCUT2D eigenvalue weighted by Crippen LogP contribution is 2.30. The normalized spacial score (nSPS) is 22.2. The van der Waals surface area contributed by atoms with Gasteiger partial charge in [0.1, 0.15) is 6.04 Å². The number of likely N-dealkylation sites (N-methyl/N-ethyl adjacent to an activating group) is 1. The number of fused-ring (bicyclic) bond motifs is 3. The highest BCUT2D eigenvalue weighted by molar-refractivity contribution is 5.95. The molecule has 0 bridgehead atoms. The topological polar surface area (TPSA) is 74.0 Å². The second-order valence-corrected chi connectivity index (χ2v) is 5.16. The Hall–Kier alpha value is -2.14. The standard InChI is InChI=1S/C15H17N3O2/c1-8(19)12-7-10-9-5-3-4-6-11(9)17-13(10)14(16-2)15(20)18-12/h3-6,12,14,16-17H,7H2,1-2H3,(H,18,20). The van der Waals surface area contributed by atoms with Gasteiger partial charge in [-0.05, 0) is 25.6 Å². The number of benzene rings is 1. The van der Waals surface area contributed by atoms with Crippen molar-refractivity contribution in [3.05, 3.63) is 35.5 Å². The summed E-state index contributed by atoms with van der Waals surface area (Å²) in [5.74, 6) is -0.190. The number of aromatic nitrogens is 1. The lowest BCUT2D eigenvalue weighted by Crippen LogP contribution is -2.43. The van der Waals surface area contributed by atoms with E-state index in [2.05, 4.69) is 15.6 Å². The maximum Gasteiger partial charge on any atom is 0.243 e. The van der Waals surface area contributed by atoms with Gasteiger partial charge in [0.25, 0.3) is 0 Å². The molecule has 1 amide bonds. The minimum absolute atomic E-state index is 0.0219. The van der Waals surface area contributed by atoms with Crippen LogP contribution < -0.4 is 10.6 Å². The number of ketones is 1. The van der Waals surface area contributed by atoms with Crippen LogP contribution in [-0.2, 0) is 16.0 Å². The smallest absolute Gasteiger partial charge is 0.243 e. The predicted molar refractivity (Wildman–Crippen MR) is 76.4 cm³/mol. The van der Waals surface area contributed by atoms with Crippen molar-refractivity contribution in [3.63, 3.8) is 0 Å². The molecule has 2 unspecified atom stereocenters. The number of para-hydroxylation sites is 1. The fourth-order valence-electron chi connectivity index (χ4n) is 2.85. The lowest BCUT2D eigenvalue weighted by Gasteiger charge is -2.15. The Bertz CT molecular complexity index is 689. The third-order valence-corrected chi connectivity index (χ3v) is 3.90. The molecule has 1 aliphatic rings. The van der Waals surface area contributed by atoms with Gasteiger partial charge >= 0.3 is 0 Å². The van der Waals surface area contributed by atoms with Crippen molar-refractivity contribution < 1.29 is 9.59 Å². The Kier molecular flexibility index (Phi) is 3.06. The quantitative estimate of drug-likeness (QED) is 0.764. The van der Waals surface area contributed by atoms with Crippen LogP contribution in [0.15, 0.2) is 24.3 Å². The molecule has 0 saturated heterocycles. The molecule has 1 aromatic heterocycles. The van der Waals surface area contributed by atoms with Crippen molar-refractivity contribution in [1.82, 2.24) is 15.6 Å². The maximum absolute atomic E-state index is 12.3. The van der Waals surface area contributed by atoms with Gasteiger partial charge in [-0.15, -0.1) is 0 Å². The first kappa shape index (κ1) is 12.9. The Balaban J connectivity index is 2.21. The lowest BCUT2D eigenvalue weighted by atomic mass is 10.00. The second kappa shape index (κ2) is 4.76. The van der Waals surface area contributed by atoms with Gasteiger partial charge in [-0.2, -0.15) is 0 Å². The number of aromatic amines is 1. The van der Waals surface area contributed by atoms with E-state index < -0.39 is 12.1 Å². The van der Waals surface area contributed by atoms with Gasteiger partial charge in [0.15, 0.2) is 5.78 Å². The fourth-order valence-corrected chi connectivity index (χ4v) is 2.85. The number of nitrogens with one attached hydrogen (secondary N) is 3. The Morgan fingerprint density at radius 3 is 2.80 bits per heavy atom. The molecule has 20 heavy (non-hydrogen) atoms. The minimum atomic E-state index is -0.459. The Labute approximate surface area is 116 Å². The molecule has 1 aliphatic heterocycles. The molecule has 0 radical (unpaired) electrons. The lowest BCUT2D eigenvalue weighted by molar-refractivity contribution is -0.127.